The fourth-order valence-corrected chi connectivity index (χ4v) is 3.78. The molecule has 0 bridgehead atoms. The second-order valence-electron chi connectivity index (χ2n) is 7.64. The molecule has 1 saturated carbocycles. The van der Waals surface area contributed by atoms with Gasteiger partial charge >= 0.3 is 0 Å². The van der Waals surface area contributed by atoms with Gasteiger partial charge in [-0.1, -0.05) is 12.1 Å². The lowest BCUT2D eigenvalue weighted by molar-refractivity contribution is 0.0889. The monoisotopic (exact) mass is 417 g/mol. The smallest absolute Gasteiger partial charge is 0.270 e. The number of imidazole rings is 1. The SMILES string of the molecule is Cc1cccc(C(=O)NC2CC(n3cnc4c(Nc5cccc(F)c5)ncnc43)C2)n1. The third-order valence-electron chi connectivity index (χ3n) is 5.41. The second kappa shape index (κ2) is 7.75. The lowest BCUT2D eigenvalue weighted by Crippen LogP contribution is -2.45. The van der Waals surface area contributed by atoms with Crippen molar-refractivity contribution in [3.63, 3.8) is 0 Å². The van der Waals surface area contributed by atoms with Gasteiger partial charge in [-0.15, -0.1) is 0 Å². The average Bonchev–Trinajstić information content (AvgIpc) is 3.15. The van der Waals surface area contributed by atoms with Gasteiger partial charge in [0, 0.05) is 23.5 Å². The van der Waals surface area contributed by atoms with Crippen molar-refractivity contribution in [1.29, 1.82) is 0 Å². The minimum absolute atomic E-state index is 0.0731. The fraction of sp³-hybridized carbons (Fsp3) is 0.227. The fourth-order valence-electron chi connectivity index (χ4n) is 3.78. The van der Waals surface area contributed by atoms with Gasteiger partial charge in [0.15, 0.2) is 17.0 Å². The summed E-state index contributed by atoms with van der Waals surface area (Å²) in [6.45, 7) is 1.86. The number of benzene rings is 1. The van der Waals surface area contributed by atoms with Gasteiger partial charge in [-0.2, -0.15) is 0 Å². The summed E-state index contributed by atoms with van der Waals surface area (Å²) in [5.41, 5.74) is 3.14. The molecule has 1 fully saturated rings. The summed E-state index contributed by atoms with van der Waals surface area (Å²) >= 11 is 0. The number of nitrogens with one attached hydrogen (secondary N) is 2. The molecule has 1 aliphatic carbocycles. The molecule has 0 unspecified atom stereocenters. The predicted octanol–water partition coefficient (Wildman–Crippen LogP) is 3.55. The number of halogens is 1. The molecule has 8 nitrogen and oxygen atoms in total. The number of nitrogens with zero attached hydrogens (tertiary/aromatic N) is 5. The number of hydrogen-bond acceptors (Lipinski definition) is 6. The predicted molar refractivity (Wildman–Crippen MR) is 114 cm³/mol. The van der Waals surface area contributed by atoms with Gasteiger partial charge in [0.25, 0.3) is 5.91 Å². The standard InChI is InChI=1S/C22H20FN7O/c1-13-4-2-7-18(27-13)22(31)29-16-9-17(10-16)30-12-26-19-20(24-11-25-21(19)30)28-15-6-3-5-14(23)8-15/h2-8,11-12,16-17H,9-10H2,1H3,(H,29,31)(H,24,25,28). The van der Waals surface area contributed by atoms with Gasteiger partial charge in [-0.05, 0) is 50.1 Å². The van der Waals surface area contributed by atoms with E-state index in [-0.39, 0.29) is 23.8 Å². The largest absolute Gasteiger partial charge is 0.348 e. The number of aromatic nitrogens is 5. The highest BCUT2D eigenvalue weighted by atomic mass is 19.1. The van der Waals surface area contributed by atoms with Crippen molar-refractivity contribution in [3.05, 3.63) is 72.3 Å². The number of hydrogen-bond donors (Lipinski definition) is 2. The Balaban J connectivity index is 1.28. The van der Waals surface area contributed by atoms with Crippen LogP contribution in [0.1, 0.15) is 35.1 Å². The van der Waals surface area contributed by atoms with E-state index in [1.807, 2.05) is 23.6 Å². The summed E-state index contributed by atoms with van der Waals surface area (Å²) in [5.74, 6) is 0.0276. The molecule has 4 aromatic rings. The molecule has 2 N–H and O–H groups in total. The number of fused-ring (bicyclic) bond motifs is 1. The number of rotatable bonds is 5. The first-order valence-corrected chi connectivity index (χ1v) is 10.0. The summed E-state index contributed by atoms with van der Waals surface area (Å²) in [6.07, 6.45) is 4.75. The molecule has 5 rings (SSSR count). The van der Waals surface area contributed by atoms with E-state index in [4.69, 9.17) is 0 Å². The Bertz CT molecular complexity index is 1270. The third-order valence-corrected chi connectivity index (χ3v) is 5.41. The Kier molecular flexibility index (Phi) is 4.78. The highest BCUT2D eigenvalue weighted by molar-refractivity contribution is 5.92. The Hall–Kier alpha value is -3.88. The van der Waals surface area contributed by atoms with Crippen LogP contribution < -0.4 is 10.6 Å². The zero-order valence-corrected chi connectivity index (χ0v) is 16.8. The van der Waals surface area contributed by atoms with Crippen molar-refractivity contribution >= 4 is 28.6 Å². The molecule has 3 aromatic heterocycles. The number of carbonyl (C=O) groups excluding carboxylic acids is 1. The van der Waals surface area contributed by atoms with Crippen molar-refractivity contribution < 1.29 is 9.18 Å². The normalized spacial score (nSPS) is 17.9. The highest BCUT2D eigenvalue weighted by Gasteiger charge is 2.33. The van der Waals surface area contributed by atoms with Crippen LogP contribution in [0.25, 0.3) is 11.2 Å². The minimum atomic E-state index is -0.329. The average molecular weight is 417 g/mol. The lowest BCUT2D eigenvalue weighted by atomic mass is 9.86. The number of amides is 1. The quantitative estimate of drug-likeness (QED) is 0.515. The van der Waals surface area contributed by atoms with Crippen LogP contribution in [-0.4, -0.2) is 36.5 Å². The molecule has 31 heavy (non-hydrogen) atoms. The van der Waals surface area contributed by atoms with Crippen LogP contribution in [0.2, 0.25) is 0 Å². The summed E-state index contributed by atoms with van der Waals surface area (Å²) in [4.78, 5) is 29.8. The highest BCUT2D eigenvalue weighted by Crippen LogP contribution is 2.35. The van der Waals surface area contributed by atoms with Crippen LogP contribution in [0.3, 0.4) is 0 Å². The van der Waals surface area contributed by atoms with Crippen molar-refractivity contribution in [3.8, 4) is 0 Å². The zero-order valence-electron chi connectivity index (χ0n) is 16.8. The van der Waals surface area contributed by atoms with Gasteiger partial charge in [-0.25, -0.2) is 24.3 Å². The van der Waals surface area contributed by atoms with Gasteiger partial charge in [-0.3, -0.25) is 4.79 Å². The minimum Gasteiger partial charge on any atom is -0.348 e. The Morgan fingerprint density at radius 2 is 1.97 bits per heavy atom. The van der Waals surface area contributed by atoms with E-state index in [1.54, 1.807) is 24.5 Å². The maximum Gasteiger partial charge on any atom is 0.270 e. The molecule has 1 aliphatic rings. The molecule has 0 spiro atoms. The maximum absolute atomic E-state index is 13.5. The molecule has 1 aromatic carbocycles. The molecule has 1 amide bonds. The Labute approximate surface area is 177 Å². The molecule has 0 radical (unpaired) electrons. The van der Waals surface area contributed by atoms with Crippen LogP contribution in [0, 0.1) is 12.7 Å². The van der Waals surface area contributed by atoms with Crippen molar-refractivity contribution in [1.82, 2.24) is 29.8 Å². The van der Waals surface area contributed by atoms with Crippen LogP contribution in [-0.2, 0) is 0 Å². The molecule has 156 valence electrons. The maximum atomic E-state index is 13.5. The lowest BCUT2D eigenvalue weighted by Gasteiger charge is -2.36. The van der Waals surface area contributed by atoms with E-state index in [9.17, 15) is 9.18 Å². The zero-order chi connectivity index (χ0) is 21.4. The Morgan fingerprint density at radius 1 is 1.13 bits per heavy atom. The van der Waals surface area contributed by atoms with Crippen LogP contribution in [0.15, 0.2) is 55.1 Å². The molecular formula is C22H20FN7O. The van der Waals surface area contributed by atoms with Crippen molar-refractivity contribution in [2.24, 2.45) is 0 Å². The second-order valence-corrected chi connectivity index (χ2v) is 7.64. The first-order chi connectivity index (χ1) is 15.1. The van der Waals surface area contributed by atoms with Gasteiger partial charge in [0.2, 0.25) is 0 Å². The van der Waals surface area contributed by atoms with Gasteiger partial charge < -0.3 is 15.2 Å². The van der Waals surface area contributed by atoms with E-state index >= 15 is 0 Å². The summed E-state index contributed by atoms with van der Waals surface area (Å²) in [6, 6.07) is 11.8. The molecule has 0 atom stereocenters. The summed E-state index contributed by atoms with van der Waals surface area (Å²) in [7, 11) is 0. The first kappa shape index (κ1) is 19.1. The first-order valence-electron chi connectivity index (χ1n) is 10.0. The number of carbonyl (C=O) groups is 1. The van der Waals surface area contributed by atoms with Gasteiger partial charge in [0.1, 0.15) is 17.8 Å². The van der Waals surface area contributed by atoms with Crippen LogP contribution >= 0.6 is 0 Å². The van der Waals surface area contributed by atoms with Crippen LogP contribution in [0.4, 0.5) is 15.9 Å². The number of anilines is 2. The van der Waals surface area contributed by atoms with E-state index in [0.717, 1.165) is 18.5 Å². The summed E-state index contributed by atoms with van der Waals surface area (Å²) in [5, 5.41) is 6.14. The van der Waals surface area contributed by atoms with E-state index in [2.05, 4.69) is 30.6 Å². The molecule has 3 heterocycles. The number of pyridine rings is 1. The molecule has 0 aliphatic heterocycles. The van der Waals surface area contributed by atoms with Crippen LogP contribution in [0.5, 0.6) is 0 Å². The summed E-state index contributed by atoms with van der Waals surface area (Å²) < 4.78 is 15.5. The van der Waals surface area contributed by atoms with Crippen molar-refractivity contribution in [2.45, 2.75) is 31.8 Å². The molecular weight excluding hydrogens is 397 g/mol. The number of aryl methyl sites for hydroxylation is 1. The molecule has 9 heteroatoms. The topological polar surface area (TPSA) is 97.6 Å². The van der Waals surface area contributed by atoms with E-state index in [0.29, 0.717) is 28.4 Å². The third kappa shape index (κ3) is 3.81. The van der Waals surface area contributed by atoms with Crippen molar-refractivity contribution in [2.75, 3.05) is 5.32 Å². The Morgan fingerprint density at radius 3 is 2.77 bits per heavy atom. The van der Waals surface area contributed by atoms with E-state index in [1.165, 1.54) is 18.5 Å². The molecule has 0 saturated heterocycles. The van der Waals surface area contributed by atoms with Gasteiger partial charge in [0.05, 0.1) is 6.33 Å². The van der Waals surface area contributed by atoms with E-state index < -0.39 is 0 Å².